The van der Waals surface area contributed by atoms with Crippen molar-refractivity contribution in [3.63, 3.8) is 0 Å². The fraction of sp³-hybridized carbons (Fsp3) is 1.00. The minimum atomic E-state index is -0.850. The fourth-order valence-corrected chi connectivity index (χ4v) is 0.705. The monoisotopic (exact) mass is 130 g/mol. The van der Waals surface area contributed by atoms with Crippen LogP contribution in [-0.2, 0) is 10.2 Å². The standard InChI is InChI=1S/C7H14O2/c1-2-3-4-5-7(9)6-8/h7H,2-6H2,1H3/t7-/m0/s1. The summed E-state index contributed by atoms with van der Waals surface area (Å²) in [6, 6.07) is 0. The van der Waals surface area contributed by atoms with Crippen molar-refractivity contribution < 1.29 is 10.2 Å². The van der Waals surface area contributed by atoms with Crippen LogP contribution in [0.5, 0.6) is 0 Å². The molecule has 0 saturated heterocycles. The average Bonchev–Trinajstić information content (AvgIpc) is 1.89. The summed E-state index contributed by atoms with van der Waals surface area (Å²) in [6.07, 6.45) is 2.84. The van der Waals surface area contributed by atoms with Crippen molar-refractivity contribution in [2.24, 2.45) is 0 Å². The third-order valence-electron chi connectivity index (χ3n) is 1.32. The van der Waals surface area contributed by atoms with Crippen molar-refractivity contribution in [3.05, 3.63) is 0 Å². The van der Waals surface area contributed by atoms with Gasteiger partial charge in [0.25, 0.3) is 0 Å². The maximum Gasteiger partial charge on any atom is 0.119 e. The van der Waals surface area contributed by atoms with Gasteiger partial charge in [0.15, 0.2) is 0 Å². The molecule has 2 radical (unpaired) electrons. The molecule has 54 valence electrons. The van der Waals surface area contributed by atoms with Gasteiger partial charge in [0.2, 0.25) is 0 Å². The van der Waals surface area contributed by atoms with Crippen LogP contribution in [0.15, 0.2) is 0 Å². The molecule has 0 aromatic carbocycles. The van der Waals surface area contributed by atoms with Crippen LogP contribution in [0.4, 0.5) is 0 Å². The first-order chi connectivity index (χ1) is 4.31. The van der Waals surface area contributed by atoms with Crippen molar-refractivity contribution in [1.29, 1.82) is 0 Å². The second-order valence-corrected chi connectivity index (χ2v) is 2.28. The second kappa shape index (κ2) is 6.05. The van der Waals surface area contributed by atoms with Crippen LogP contribution in [0.3, 0.4) is 0 Å². The van der Waals surface area contributed by atoms with Gasteiger partial charge in [-0.3, -0.25) is 0 Å². The fourth-order valence-electron chi connectivity index (χ4n) is 0.705. The van der Waals surface area contributed by atoms with E-state index in [1.807, 2.05) is 0 Å². The Bertz CT molecular complexity index is 54.9. The molecule has 9 heavy (non-hydrogen) atoms. The van der Waals surface area contributed by atoms with E-state index >= 15 is 0 Å². The Labute approximate surface area is 56.5 Å². The summed E-state index contributed by atoms with van der Waals surface area (Å²) in [5.74, 6) is 0. The molecule has 0 aromatic rings. The second-order valence-electron chi connectivity index (χ2n) is 2.28. The van der Waals surface area contributed by atoms with E-state index in [9.17, 15) is 10.2 Å². The van der Waals surface area contributed by atoms with Gasteiger partial charge in [-0.2, -0.15) is 0 Å². The van der Waals surface area contributed by atoms with Crippen LogP contribution in [0.25, 0.3) is 0 Å². The van der Waals surface area contributed by atoms with Crippen molar-refractivity contribution in [2.45, 2.75) is 38.7 Å². The van der Waals surface area contributed by atoms with Crippen LogP contribution in [0.2, 0.25) is 0 Å². The first kappa shape index (κ1) is 8.92. The highest BCUT2D eigenvalue weighted by atomic mass is 16.3. The van der Waals surface area contributed by atoms with Gasteiger partial charge in [-0.25, -0.2) is 10.2 Å². The van der Waals surface area contributed by atoms with Crippen LogP contribution in [-0.4, -0.2) is 12.7 Å². The molecule has 0 saturated carbocycles. The lowest BCUT2D eigenvalue weighted by Gasteiger charge is -2.00. The molecule has 0 aliphatic rings. The van der Waals surface area contributed by atoms with E-state index in [4.69, 9.17) is 0 Å². The Kier molecular flexibility index (Phi) is 5.99. The van der Waals surface area contributed by atoms with E-state index in [0.717, 1.165) is 19.3 Å². The zero-order chi connectivity index (χ0) is 7.11. The summed E-state index contributed by atoms with van der Waals surface area (Å²) in [5, 5.41) is 20.4. The normalized spacial score (nSPS) is 13.7. The van der Waals surface area contributed by atoms with Crippen LogP contribution in [0.1, 0.15) is 32.6 Å². The molecule has 0 aliphatic heterocycles. The van der Waals surface area contributed by atoms with E-state index in [2.05, 4.69) is 6.92 Å². The first-order valence-corrected chi connectivity index (χ1v) is 3.55. The minimum absolute atomic E-state index is 0.455. The summed E-state index contributed by atoms with van der Waals surface area (Å²) < 4.78 is 0. The molecule has 0 aromatic heterocycles. The summed E-state index contributed by atoms with van der Waals surface area (Å²) in [7, 11) is 0. The van der Waals surface area contributed by atoms with Gasteiger partial charge in [-0.05, 0) is 6.42 Å². The van der Waals surface area contributed by atoms with Crippen LogP contribution >= 0.6 is 0 Å². The Balaban J connectivity index is 2.88. The van der Waals surface area contributed by atoms with E-state index in [0.29, 0.717) is 6.42 Å². The smallest absolute Gasteiger partial charge is 0.119 e. The minimum Gasteiger partial charge on any atom is -0.234 e. The van der Waals surface area contributed by atoms with Crippen LogP contribution in [0, 0.1) is 0 Å². The third-order valence-corrected chi connectivity index (χ3v) is 1.32. The molecule has 0 bridgehead atoms. The van der Waals surface area contributed by atoms with Crippen molar-refractivity contribution in [3.8, 4) is 0 Å². The van der Waals surface area contributed by atoms with Gasteiger partial charge in [0, 0.05) is 0 Å². The van der Waals surface area contributed by atoms with E-state index in [1.54, 1.807) is 0 Å². The molecule has 2 heteroatoms. The molecular formula is C7H14O2. The predicted octanol–water partition coefficient (Wildman–Crippen LogP) is 1.80. The quantitative estimate of drug-likeness (QED) is 0.509. The van der Waals surface area contributed by atoms with Gasteiger partial charge in [0.05, 0.1) is 0 Å². The summed E-state index contributed by atoms with van der Waals surface area (Å²) in [5.41, 5.74) is 0. The molecule has 0 N–H and O–H groups in total. The van der Waals surface area contributed by atoms with Crippen molar-refractivity contribution in [1.82, 2.24) is 0 Å². The Hall–Kier alpha value is -0.0800. The highest BCUT2D eigenvalue weighted by Crippen LogP contribution is 2.02. The number of hydrogen-bond acceptors (Lipinski definition) is 0. The van der Waals surface area contributed by atoms with Crippen LogP contribution < -0.4 is 0 Å². The molecule has 0 rings (SSSR count). The first-order valence-electron chi connectivity index (χ1n) is 3.55. The molecule has 1 atom stereocenters. The number of unbranched alkanes of at least 4 members (excludes halogenated alkanes) is 2. The molecule has 2 nitrogen and oxygen atoms in total. The van der Waals surface area contributed by atoms with E-state index < -0.39 is 12.7 Å². The SMILES string of the molecule is CCCCC[C@H]([O])C[O]. The summed E-state index contributed by atoms with van der Waals surface area (Å²) in [6.45, 7) is 1.63. The maximum atomic E-state index is 10.5. The van der Waals surface area contributed by atoms with Gasteiger partial charge >= 0.3 is 0 Å². The van der Waals surface area contributed by atoms with E-state index in [1.165, 1.54) is 0 Å². The maximum absolute atomic E-state index is 10.5. The van der Waals surface area contributed by atoms with Crippen molar-refractivity contribution >= 4 is 0 Å². The lowest BCUT2D eigenvalue weighted by molar-refractivity contribution is 0.00126. The molecule has 0 amide bonds. The summed E-state index contributed by atoms with van der Waals surface area (Å²) >= 11 is 0. The molecule has 0 heterocycles. The molecule has 0 aliphatic carbocycles. The zero-order valence-corrected chi connectivity index (χ0v) is 5.93. The average molecular weight is 130 g/mol. The number of rotatable bonds is 5. The predicted molar refractivity (Wildman–Crippen MR) is 34.2 cm³/mol. The van der Waals surface area contributed by atoms with Gasteiger partial charge in [0.1, 0.15) is 12.7 Å². The summed E-state index contributed by atoms with van der Waals surface area (Å²) in [4.78, 5) is 0. The van der Waals surface area contributed by atoms with E-state index in [-0.39, 0.29) is 0 Å². The molecule has 0 fully saturated rings. The van der Waals surface area contributed by atoms with Gasteiger partial charge in [-0.1, -0.05) is 26.2 Å². The Morgan fingerprint density at radius 3 is 2.44 bits per heavy atom. The lowest BCUT2D eigenvalue weighted by Crippen LogP contribution is -2.07. The lowest BCUT2D eigenvalue weighted by atomic mass is 10.1. The Morgan fingerprint density at radius 1 is 1.33 bits per heavy atom. The molecule has 0 spiro atoms. The highest BCUT2D eigenvalue weighted by Gasteiger charge is 2.02. The largest absolute Gasteiger partial charge is 0.234 e. The Morgan fingerprint density at radius 2 is 2.00 bits per heavy atom. The third kappa shape index (κ3) is 5.80. The van der Waals surface area contributed by atoms with Gasteiger partial charge in [-0.15, -0.1) is 0 Å². The number of hydrogen-bond donors (Lipinski definition) is 0. The molecule has 0 unspecified atom stereocenters. The van der Waals surface area contributed by atoms with Gasteiger partial charge < -0.3 is 0 Å². The molecular weight excluding hydrogens is 116 g/mol. The zero-order valence-electron chi connectivity index (χ0n) is 5.93. The topological polar surface area (TPSA) is 39.8 Å². The van der Waals surface area contributed by atoms with Crippen molar-refractivity contribution in [2.75, 3.05) is 6.61 Å². The highest BCUT2D eigenvalue weighted by molar-refractivity contribution is 4.51.